The summed E-state index contributed by atoms with van der Waals surface area (Å²) in [4.78, 5) is 22.5. The monoisotopic (exact) mass is 435 g/mol. The van der Waals surface area contributed by atoms with E-state index < -0.39 is 17.1 Å². The smallest absolute Gasteiger partial charge is 0.293 e. The predicted octanol–water partition coefficient (Wildman–Crippen LogP) is 3.89. The van der Waals surface area contributed by atoms with Crippen molar-refractivity contribution in [1.29, 1.82) is 0 Å². The topological polar surface area (TPSA) is 101 Å². The molecule has 0 radical (unpaired) electrons. The first kappa shape index (κ1) is 18.9. The number of nitrogens with zero attached hydrogens (tertiary/aromatic N) is 5. The van der Waals surface area contributed by atoms with Gasteiger partial charge in [0.1, 0.15) is 40.4 Å². The Morgan fingerprint density at radius 3 is 2.81 bits per heavy atom. The minimum Gasteiger partial charge on any atom is -0.456 e. The highest BCUT2D eigenvalue weighted by atomic mass is 19.1. The zero-order valence-electron chi connectivity index (χ0n) is 17.3. The summed E-state index contributed by atoms with van der Waals surface area (Å²) < 4.78 is 34.7. The lowest BCUT2D eigenvalue weighted by Gasteiger charge is -2.28. The summed E-state index contributed by atoms with van der Waals surface area (Å²) in [6.45, 7) is 4.10. The highest BCUT2D eigenvalue weighted by molar-refractivity contribution is 5.84. The molecular formula is C22H18FN5O4. The van der Waals surface area contributed by atoms with Gasteiger partial charge in [-0.1, -0.05) is 11.2 Å². The van der Waals surface area contributed by atoms with Crippen LogP contribution in [0.2, 0.25) is 0 Å². The fourth-order valence-electron chi connectivity index (χ4n) is 4.39. The number of benzene rings is 1. The zero-order valence-corrected chi connectivity index (χ0v) is 17.3. The van der Waals surface area contributed by atoms with Crippen molar-refractivity contribution in [2.24, 2.45) is 0 Å². The molecular weight excluding hydrogens is 417 g/mol. The summed E-state index contributed by atoms with van der Waals surface area (Å²) in [5, 5.41) is 4.00. The van der Waals surface area contributed by atoms with Crippen LogP contribution in [0.15, 0.2) is 50.4 Å². The van der Waals surface area contributed by atoms with Gasteiger partial charge in [-0.2, -0.15) is 4.98 Å². The quantitative estimate of drug-likeness (QED) is 0.424. The summed E-state index contributed by atoms with van der Waals surface area (Å²) in [5.74, 6) is 0.916. The maximum absolute atomic E-state index is 15.0. The van der Waals surface area contributed by atoms with E-state index in [4.69, 9.17) is 13.7 Å². The number of ether oxygens (including phenoxy) is 1. The van der Waals surface area contributed by atoms with Crippen LogP contribution in [0.5, 0.6) is 0 Å². The van der Waals surface area contributed by atoms with Gasteiger partial charge in [-0.05, 0) is 51.0 Å². The van der Waals surface area contributed by atoms with Crippen LogP contribution in [0.3, 0.4) is 0 Å². The van der Waals surface area contributed by atoms with E-state index >= 15 is 4.39 Å². The van der Waals surface area contributed by atoms with E-state index in [1.54, 1.807) is 35.6 Å². The lowest BCUT2D eigenvalue weighted by molar-refractivity contribution is -0.0451. The molecule has 5 heterocycles. The molecule has 32 heavy (non-hydrogen) atoms. The molecule has 10 heteroatoms. The second-order valence-corrected chi connectivity index (χ2v) is 8.02. The molecule has 0 saturated carbocycles. The van der Waals surface area contributed by atoms with Gasteiger partial charge in [-0.15, -0.1) is 0 Å². The Labute approximate surface area is 180 Å². The van der Waals surface area contributed by atoms with Crippen LogP contribution in [0.1, 0.15) is 25.5 Å². The fraction of sp³-hybridized carbons (Fsp3) is 0.273. The van der Waals surface area contributed by atoms with Crippen molar-refractivity contribution in [3.05, 3.63) is 58.6 Å². The maximum atomic E-state index is 15.0. The summed E-state index contributed by atoms with van der Waals surface area (Å²) in [7, 11) is 0. The van der Waals surface area contributed by atoms with Gasteiger partial charge in [-0.3, -0.25) is 13.8 Å². The summed E-state index contributed by atoms with van der Waals surface area (Å²) in [5.41, 5.74) is -0.328. The van der Waals surface area contributed by atoms with Gasteiger partial charge in [0.05, 0.1) is 5.52 Å². The first-order chi connectivity index (χ1) is 15.5. The first-order valence-corrected chi connectivity index (χ1v) is 10.2. The number of rotatable bonds is 3. The van der Waals surface area contributed by atoms with E-state index in [0.29, 0.717) is 30.1 Å². The molecule has 9 nitrogen and oxygen atoms in total. The normalized spacial score (nSPS) is 18.8. The van der Waals surface area contributed by atoms with Gasteiger partial charge in [0.15, 0.2) is 5.76 Å². The largest absolute Gasteiger partial charge is 0.456 e. The number of para-hydroxylation sites is 1. The molecule has 0 spiro atoms. The van der Waals surface area contributed by atoms with Crippen LogP contribution in [0.4, 0.5) is 4.39 Å². The van der Waals surface area contributed by atoms with Gasteiger partial charge in [-0.25, -0.2) is 9.37 Å². The van der Waals surface area contributed by atoms with Crippen molar-refractivity contribution in [3.63, 3.8) is 0 Å². The van der Waals surface area contributed by atoms with Crippen molar-refractivity contribution < 1.29 is 18.1 Å². The standard InChI is InChI=1S/C22H18FN5O4/c1-12-7-8-15(31-12)20-25-19(26-32-20)16-18-21(29)28(22(2)9-4-10-30-22)17-13(23)5-3-6-14(17)27(18)11-24-16/h3,5-8,11H,4,9-10H2,1-2H3. The molecule has 1 unspecified atom stereocenters. The Balaban J connectivity index is 1.65. The minimum absolute atomic E-state index is 0.133. The minimum atomic E-state index is -0.977. The summed E-state index contributed by atoms with van der Waals surface area (Å²) in [6, 6.07) is 8.16. The number of hydrogen-bond donors (Lipinski definition) is 0. The second-order valence-electron chi connectivity index (χ2n) is 8.02. The number of imidazole rings is 1. The lowest BCUT2D eigenvalue weighted by atomic mass is 10.1. The van der Waals surface area contributed by atoms with Gasteiger partial charge < -0.3 is 13.7 Å². The molecule has 1 aliphatic heterocycles. The Kier molecular flexibility index (Phi) is 3.91. The highest BCUT2D eigenvalue weighted by Gasteiger charge is 2.36. The molecule has 1 atom stereocenters. The van der Waals surface area contributed by atoms with E-state index in [9.17, 15) is 4.79 Å². The maximum Gasteiger partial charge on any atom is 0.293 e. The van der Waals surface area contributed by atoms with Crippen LogP contribution in [-0.4, -0.2) is 30.7 Å². The number of halogens is 1. The molecule has 0 N–H and O–H groups in total. The van der Waals surface area contributed by atoms with Gasteiger partial charge in [0.2, 0.25) is 5.82 Å². The Morgan fingerprint density at radius 2 is 2.06 bits per heavy atom. The summed E-state index contributed by atoms with van der Waals surface area (Å²) >= 11 is 0. The third kappa shape index (κ3) is 2.59. The fourth-order valence-corrected chi connectivity index (χ4v) is 4.39. The molecule has 162 valence electrons. The van der Waals surface area contributed by atoms with E-state index in [-0.39, 0.29) is 28.4 Å². The van der Waals surface area contributed by atoms with Crippen LogP contribution < -0.4 is 5.56 Å². The molecule has 0 aliphatic carbocycles. The van der Waals surface area contributed by atoms with Crippen molar-refractivity contribution >= 4 is 16.6 Å². The number of aromatic nitrogens is 5. The van der Waals surface area contributed by atoms with Crippen LogP contribution in [-0.2, 0) is 10.5 Å². The van der Waals surface area contributed by atoms with Crippen molar-refractivity contribution in [3.8, 4) is 23.2 Å². The predicted molar refractivity (Wildman–Crippen MR) is 111 cm³/mol. The molecule has 0 amide bonds. The molecule has 6 rings (SSSR count). The molecule has 5 aromatic rings. The molecule has 1 aliphatic rings. The van der Waals surface area contributed by atoms with Crippen LogP contribution in [0.25, 0.3) is 39.7 Å². The van der Waals surface area contributed by atoms with Crippen molar-refractivity contribution in [2.75, 3.05) is 6.61 Å². The number of aryl methyl sites for hydroxylation is 1. The van der Waals surface area contributed by atoms with Crippen LogP contribution in [0, 0.1) is 12.7 Å². The van der Waals surface area contributed by atoms with Crippen molar-refractivity contribution in [1.82, 2.24) is 24.1 Å². The average Bonchev–Trinajstić information content (AvgIpc) is 3.55. The lowest BCUT2D eigenvalue weighted by Crippen LogP contribution is -2.39. The van der Waals surface area contributed by atoms with Crippen LogP contribution >= 0.6 is 0 Å². The first-order valence-electron chi connectivity index (χ1n) is 10.2. The van der Waals surface area contributed by atoms with Gasteiger partial charge in [0.25, 0.3) is 11.4 Å². The third-order valence-corrected chi connectivity index (χ3v) is 5.88. The van der Waals surface area contributed by atoms with E-state index in [1.165, 1.54) is 17.0 Å². The SMILES string of the molecule is Cc1ccc(-c2nc(-c3ncn4c3c(=O)n(C3(C)CCCO3)c3c(F)cccc34)no2)o1. The molecule has 1 aromatic carbocycles. The summed E-state index contributed by atoms with van der Waals surface area (Å²) in [6.07, 6.45) is 2.82. The van der Waals surface area contributed by atoms with Crippen molar-refractivity contribution in [2.45, 2.75) is 32.4 Å². The average molecular weight is 435 g/mol. The number of fused-ring (bicyclic) bond motifs is 3. The molecule has 4 aromatic heterocycles. The molecule has 1 saturated heterocycles. The van der Waals surface area contributed by atoms with E-state index in [1.807, 2.05) is 6.92 Å². The Morgan fingerprint density at radius 1 is 1.19 bits per heavy atom. The second kappa shape index (κ2) is 6.60. The molecule has 0 bridgehead atoms. The highest BCUT2D eigenvalue weighted by Crippen LogP contribution is 2.34. The van der Waals surface area contributed by atoms with Gasteiger partial charge in [0, 0.05) is 6.61 Å². The number of furan rings is 1. The molecule has 1 fully saturated rings. The van der Waals surface area contributed by atoms with E-state index in [2.05, 4.69) is 15.1 Å². The van der Waals surface area contributed by atoms with E-state index in [0.717, 1.165) is 6.42 Å². The third-order valence-electron chi connectivity index (χ3n) is 5.88. The zero-order chi connectivity index (χ0) is 22.0. The Hall–Kier alpha value is -3.79. The van der Waals surface area contributed by atoms with Gasteiger partial charge >= 0.3 is 0 Å². The Bertz CT molecular complexity index is 1550. The number of hydrogen-bond acceptors (Lipinski definition) is 7.